The minimum Gasteiger partial charge on any atom is -0.485 e. The van der Waals surface area contributed by atoms with Crippen molar-refractivity contribution in [2.75, 3.05) is 18.5 Å². The predicted octanol–water partition coefficient (Wildman–Crippen LogP) is 1.72. The zero-order valence-corrected chi connectivity index (χ0v) is 13.6. The van der Waals surface area contributed by atoms with Crippen LogP contribution in [0.15, 0.2) is 54.6 Å². The molecule has 1 heterocycles. The quantitative estimate of drug-likeness (QED) is 0.809. The summed E-state index contributed by atoms with van der Waals surface area (Å²) in [7, 11) is 0. The van der Waals surface area contributed by atoms with Crippen molar-refractivity contribution in [3.05, 3.63) is 54.6 Å². The van der Waals surface area contributed by atoms with Gasteiger partial charge in [-0.1, -0.05) is 30.3 Å². The number of fused-ring (bicyclic) bond motifs is 1. The lowest BCUT2D eigenvalue weighted by Gasteiger charge is -2.24. The van der Waals surface area contributed by atoms with Crippen molar-refractivity contribution in [2.45, 2.75) is 6.10 Å². The summed E-state index contributed by atoms with van der Waals surface area (Å²) in [5.74, 6) is -0.554. The van der Waals surface area contributed by atoms with Gasteiger partial charge in [0.25, 0.3) is 5.91 Å². The molecule has 0 aromatic heterocycles. The minimum absolute atomic E-state index is 0.0219. The van der Waals surface area contributed by atoms with E-state index in [-0.39, 0.29) is 6.61 Å². The summed E-state index contributed by atoms with van der Waals surface area (Å²) < 4.78 is 15.8. The smallest absolute Gasteiger partial charge is 0.351 e. The summed E-state index contributed by atoms with van der Waals surface area (Å²) in [5.41, 5.74) is 0.529. The zero-order valence-electron chi connectivity index (χ0n) is 13.6. The van der Waals surface area contributed by atoms with E-state index in [1.54, 1.807) is 54.6 Å². The van der Waals surface area contributed by atoms with E-state index < -0.39 is 30.6 Å². The average molecular weight is 356 g/mol. The number of hydrogen-bond acceptors (Lipinski definition) is 6. The fraction of sp³-hybridized carbons (Fsp3) is 0.167. The van der Waals surface area contributed by atoms with Gasteiger partial charge in [-0.05, 0) is 24.3 Å². The van der Waals surface area contributed by atoms with Gasteiger partial charge in [0.2, 0.25) is 6.10 Å². The van der Waals surface area contributed by atoms with Gasteiger partial charge in [0, 0.05) is 5.69 Å². The lowest BCUT2D eigenvalue weighted by atomic mass is 10.2. The van der Waals surface area contributed by atoms with Gasteiger partial charge in [-0.15, -0.1) is 0 Å². The first kappa shape index (κ1) is 17.3. The maximum absolute atomic E-state index is 12.0. The first-order chi connectivity index (χ1) is 12.6. The lowest BCUT2D eigenvalue weighted by Crippen LogP contribution is -2.41. The van der Waals surface area contributed by atoms with Crippen LogP contribution in [0.3, 0.4) is 0 Å². The number of ether oxygens (including phenoxy) is 3. The van der Waals surface area contributed by atoms with Gasteiger partial charge in [0.1, 0.15) is 6.61 Å². The first-order valence-corrected chi connectivity index (χ1v) is 7.83. The Kier molecular flexibility index (Phi) is 5.33. The Morgan fingerprint density at radius 1 is 1.00 bits per heavy atom. The van der Waals surface area contributed by atoms with Crippen LogP contribution in [-0.2, 0) is 14.3 Å². The second-order valence-electron chi connectivity index (χ2n) is 5.34. The van der Waals surface area contributed by atoms with Crippen LogP contribution in [0.2, 0.25) is 0 Å². The van der Waals surface area contributed by atoms with Gasteiger partial charge in [-0.2, -0.15) is 0 Å². The number of carbonyl (C=O) groups excluding carboxylic acids is 3. The Balaban J connectivity index is 1.43. The summed E-state index contributed by atoms with van der Waals surface area (Å²) in [6.45, 7) is -0.630. The Bertz CT molecular complexity index is 808. The number of para-hydroxylation sites is 3. The van der Waals surface area contributed by atoms with Gasteiger partial charge in [0.05, 0.1) is 0 Å². The Labute approximate surface area is 149 Å². The Hall–Kier alpha value is -3.55. The molecule has 0 saturated heterocycles. The molecule has 0 fully saturated rings. The molecule has 0 radical (unpaired) electrons. The largest absolute Gasteiger partial charge is 0.485 e. The molecule has 2 N–H and O–H groups in total. The average Bonchev–Trinajstić information content (AvgIpc) is 2.66. The highest BCUT2D eigenvalue weighted by molar-refractivity contribution is 6.01. The summed E-state index contributed by atoms with van der Waals surface area (Å²) in [4.78, 5) is 35.4. The first-order valence-electron chi connectivity index (χ1n) is 7.83. The molecule has 3 amide bonds. The van der Waals surface area contributed by atoms with Crippen LogP contribution >= 0.6 is 0 Å². The number of carbonyl (C=O) groups is 3. The van der Waals surface area contributed by atoms with Crippen LogP contribution in [-0.4, -0.2) is 37.2 Å². The topological polar surface area (TPSA) is 103 Å². The lowest BCUT2D eigenvalue weighted by molar-refractivity contribution is -0.157. The molecule has 8 nitrogen and oxygen atoms in total. The van der Waals surface area contributed by atoms with Crippen LogP contribution in [0.1, 0.15) is 0 Å². The molecule has 1 atom stereocenters. The molecule has 0 spiro atoms. The Morgan fingerprint density at radius 2 is 1.69 bits per heavy atom. The van der Waals surface area contributed by atoms with Crippen molar-refractivity contribution in [1.82, 2.24) is 5.32 Å². The maximum Gasteiger partial charge on any atom is 0.351 e. The monoisotopic (exact) mass is 356 g/mol. The van der Waals surface area contributed by atoms with E-state index in [0.717, 1.165) is 0 Å². The van der Waals surface area contributed by atoms with Crippen molar-refractivity contribution in [2.24, 2.45) is 0 Å². The molecule has 0 unspecified atom stereocenters. The summed E-state index contributed by atoms with van der Waals surface area (Å²) in [6, 6.07) is 14.8. The van der Waals surface area contributed by atoms with Crippen molar-refractivity contribution in [3.63, 3.8) is 0 Å². The van der Waals surface area contributed by atoms with E-state index in [4.69, 9.17) is 14.2 Å². The number of rotatable bonds is 4. The predicted molar refractivity (Wildman–Crippen MR) is 90.9 cm³/mol. The van der Waals surface area contributed by atoms with Gasteiger partial charge in [-0.25, -0.2) is 9.59 Å². The number of amides is 3. The van der Waals surface area contributed by atoms with Gasteiger partial charge >= 0.3 is 12.0 Å². The zero-order chi connectivity index (χ0) is 18.4. The molecular formula is C18H16N2O6. The standard InChI is InChI=1S/C18H16N2O6/c21-16(20-18(23)19-12-6-2-1-3-7-12)11-25-17(22)15-10-24-13-8-4-5-9-14(13)26-15/h1-9,15H,10-11H2,(H2,19,20,21,23)/t15-/m1/s1. The molecule has 0 aliphatic carbocycles. The van der Waals surface area contributed by atoms with E-state index in [1.165, 1.54) is 0 Å². The van der Waals surface area contributed by atoms with Crippen LogP contribution < -0.4 is 20.1 Å². The van der Waals surface area contributed by atoms with E-state index in [9.17, 15) is 14.4 Å². The number of nitrogens with one attached hydrogen (secondary N) is 2. The molecule has 134 valence electrons. The third-order valence-electron chi connectivity index (χ3n) is 3.40. The second kappa shape index (κ2) is 8.02. The van der Waals surface area contributed by atoms with Gasteiger partial charge in [0.15, 0.2) is 18.1 Å². The van der Waals surface area contributed by atoms with E-state index >= 15 is 0 Å². The molecule has 1 aliphatic rings. The third-order valence-corrected chi connectivity index (χ3v) is 3.40. The number of urea groups is 1. The van der Waals surface area contributed by atoms with E-state index in [2.05, 4.69) is 10.6 Å². The molecule has 2 aromatic rings. The van der Waals surface area contributed by atoms with Gasteiger partial charge in [-0.3, -0.25) is 10.1 Å². The highest BCUT2D eigenvalue weighted by Gasteiger charge is 2.29. The van der Waals surface area contributed by atoms with Crippen LogP contribution in [0, 0.1) is 0 Å². The van der Waals surface area contributed by atoms with E-state index in [0.29, 0.717) is 17.2 Å². The van der Waals surface area contributed by atoms with Crippen LogP contribution in [0.25, 0.3) is 0 Å². The molecule has 3 rings (SSSR count). The third kappa shape index (κ3) is 4.50. The van der Waals surface area contributed by atoms with E-state index in [1.807, 2.05) is 0 Å². The Morgan fingerprint density at radius 3 is 2.46 bits per heavy atom. The normalized spacial score (nSPS) is 14.8. The van der Waals surface area contributed by atoms with Crippen molar-refractivity contribution in [1.29, 1.82) is 0 Å². The van der Waals surface area contributed by atoms with Crippen molar-refractivity contribution in [3.8, 4) is 11.5 Å². The number of benzene rings is 2. The van der Waals surface area contributed by atoms with Crippen molar-refractivity contribution < 1.29 is 28.6 Å². The highest BCUT2D eigenvalue weighted by Crippen LogP contribution is 2.31. The minimum atomic E-state index is -0.976. The highest BCUT2D eigenvalue weighted by atomic mass is 16.6. The summed E-state index contributed by atoms with van der Waals surface area (Å²) >= 11 is 0. The summed E-state index contributed by atoms with van der Waals surface area (Å²) in [6.07, 6.45) is -0.976. The number of imide groups is 1. The SMILES string of the molecule is O=C(COC(=O)[C@H]1COc2ccccc2O1)NC(=O)Nc1ccccc1. The molecule has 0 saturated carbocycles. The molecule has 0 bridgehead atoms. The number of anilines is 1. The second-order valence-corrected chi connectivity index (χ2v) is 5.34. The van der Waals surface area contributed by atoms with Gasteiger partial charge < -0.3 is 19.5 Å². The molecule has 26 heavy (non-hydrogen) atoms. The molecule has 2 aromatic carbocycles. The molecule has 8 heteroatoms. The number of hydrogen-bond donors (Lipinski definition) is 2. The summed E-state index contributed by atoms with van der Waals surface area (Å²) in [5, 5.41) is 4.54. The fourth-order valence-corrected chi connectivity index (χ4v) is 2.21. The van der Waals surface area contributed by atoms with Crippen molar-refractivity contribution >= 4 is 23.6 Å². The fourth-order valence-electron chi connectivity index (χ4n) is 2.21. The molecular weight excluding hydrogens is 340 g/mol. The van der Waals surface area contributed by atoms with Crippen LogP contribution in [0.4, 0.5) is 10.5 Å². The molecule has 1 aliphatic heterocycles. The maximum atomic E-state index is 12.0. The number of esters is 1. The van der Waals surface area contributed by atoms with Crippen LogP contribution in [0.5, 0.6) is 11.5 Å².